The first-order valence-corrected chi connectivity index (χ1v) is 10.4. The van der Waals surface area contributed by atoms with Crippen LogP contribution in [-0.2, 0) is 0 Å². The van der Waals surface area contributed by atoms with E-state index in [1.54, 1.807) is 16.8 Å². The summed E-state index contributed by atoms with van der Waals surface area (Å²) in [6.07, 6.45) is 0. The summed E-state index contributed by atoms with van der Waals surface area (Å²) in [4.78, 5) is 17.5. The Balaban J connectivity index is 1.77. The van der Waals surface area contributed by atoms with E-state index in [9.17, 15) is 4.79 Å². The number of aryl methyl sites for hydroxylation is 4. The van der Waals surface area contributed by atoms with E-state index in [4.69, 9.17) is 11.6 Å². The molecule has 0 saturated heterocycles. The van der Waals surface area contributed by atoms with E-state index in [1.807, 2.05) is 70.2 Å². The number of amides is 1. The molecule has 3 aromatic carbocycles. The predicted octanol–water partition coefficient (Wildman–Crippen LogP) is 6.07. The topological polar surface area (TPSA) is 59.8 Å². The minimum Gasteiger partial charge on any atom is -0.319 e. The highest BCUT2D eigenvalue weighted by Gasteiger charge is 2.20. The Morgan fingerprint density at radius 3 is 2.26 bits per heavy atom. The molecule has 1 amide bonds. The molecule has 0 aliphatic rings. The van der Waals surface area contributed by atoms with Crippen molar-refractivity contribution in [1.29, 1.82) is 0 Å². The lowest BCUT2D eigenvalue weighted by atomic mass is 10.1. The van der Waals surface area contributed by atoms with Gasteiger partial charge in [-0.15, -0.1) is 5.10 Å². The molecule has 0 unspecified atom stereocenters. The summed E-state index contributed by atoms with van der Waals surface area (Å²) >= 11 is 6.19. The Kier molecular flexibility index (Phi) is 5.61. The van der Waals surface area contributed by atoms with Crippen molar-refractivity contribution in [3.05, 3.63) is 93.8 Å². The molecule has 4 rings (SSSR count). The second-order valence-corrected chi connectivity index (χ2v) is 8.15. The summed E-state index contributed by atoms with van der Waals surface area (Å²) < 4.78 is 1.73. The van der Waals surface area contributed by atoms with Gasteiger partial charge in [0.1, 0.15) is 0 Å². The monoisotopic (exact) mass is 430 g/mol. The van der Waals surface area contributed by atoms with Gasteiger partial charge in [-0.05, 0) is 57.0 Å². The molecule has 0 fully saturated rings. The predicted molar refractivity (Wildman–Crippen MR) is 125 cm³/mol. The quantitative estimate of drug-likeness (QED) is 0.427. The first kappa shape index (κ1) is 20.8. The highest BCUT2D eigenvalue weighted by atomic mass is 35.5. The van der Waals surface area contributed by atoms with Gasteiger partial charge in [-0.3, -0.25) is 4.79 Å². The molecular weight excluding hydrogens is 408 g/mol. The van der Waals surface area contributed by atoms with Gasteiger partial charge in [0.2, 0.25) is 5.82 Å². The molecular formula is C25H23ClN4O. The molecule has 0 saturated carbocycles. The van der Waals surface area contributed by atoms with Crippen LogP contribution in [0.3, 0.4) is 0 Å². The van der Waals surface area contributed by atoms with Gasteiger partial charge in [0.15, 0.2) is 5.82 Å². The average Bonchev–Trinajstić information content (AvgIpc) is 3.16. The lowest BCUT2D eigenvalue weighted by Gasteiger charge is -2.10. The zero-order valence-electron chi connectivity index (χ0n) is 17.9. The van der Waals surface area contributed by atoms with Gasteiger partial charge in [-0.25, -0.2) is 9.67 Å². The maximum atomic E-state index is 12.9. The van der Waals surface area contributed by atoms with Crippen LogP contribution in [0.15, 0.2) is 60.7 Å². The summed E-state index contributed by atoms with van der Waals surface area (Å²) in [5.41, 5.74) is 6.67. The van der Waals surface area contributed by atoms with Crippen LogP contribution in [0.4, 0.5) is 5.69 Å². The zero-order valence-corrected chi connectivity index (χ0v) is 18.7. The van der Waals surface area contributed by atoms with Crippen LogP contribution in [0.5, 0.6) is 0 Å². The van der Waals surface area contributed by atoms with Crippen LogP contribution in [0.2, 0.25) is 5.02 Å². The van der Waals surface area contributed by atoms with Crippen molar-refractivity contribution in [2.75, 3.05) is 5.32 Å². The third-order valence-electron chi connectivity index (χ3n) is 5.13. The Morgan fingerprint density at radius 2 is 1.58 bits per heavy atom. The molecule has 4 aromatic rings. The van der Waals surface area contributed by atoms with Gasteiger partial charge in [-0.2, -0.15) is 0 Å². The Labute approximate surface area is 186 Å². The van der Waals surface area contributed by atoms with E-state index < -0.39 is 5.91 Å². The highest BCUT2D eigenvalue weighted by Crippen LogP contribution is 2.25. The van der Waals surface area contributed by atoms with E-state index in [-0.39, 0.29) is 5.82 Å². The Hall–Kier alpha value is -3.44. The number of carbonyl (C=O) groups is 1. The van der Waals surface area contributed by atoms with Crippen molar-refractivity contribution in [3.8, 4) is 17.1 Å². The van der Waals surface area contributed by atoms with Crippen LogP contribution >= 0.6 is 11.6 Å². The lowest BCUT2D eigenvalue weighted by Crippen LogP contribution is -2.14. The summed E-state index contributed by atoms with van der Waals surface area (Å²) in [6.45, 7) is 8.01. The SMILES string of the molecule is Cc1ccc(-c2nc(C(=O)Nc3ccc(C)c(Cl)c3)nn2-c2ccc(C)cc2C)cc1. The summed E-state index contributed by atoms with van der Waals surface area (Å²) in [7, 11) is 0. The second kappa shape index (κ2) is 8.36. The van der Waals surface area contributed by atoms with E-state index in [2.05, 4.69) is 21.5 Å². The number of benzene rings is 3. The number of rotatable bonds is 4. The van der Waals surface area contributed by atoms with Crippen LogP contribution in [0.25, 0.3) is 17.1 Å². The van der Waals surface area contributed by atoms with E-state index in [0.717, 1.165) is 33.5 Å². The normalized spacial score (nSPS) is 10.9. The van der Waals surface area contributed by atoms with Crippen LogP contribution in [-0.4, -0.2) is 20.7 Å². The number of aromatic nitrogens is 3. The molecule has 0 aliphatic carbocycles. The minimum atomic E-state index is -0.392. The first-order chi connectivity index (χ1) is 14.8. The lowest BCUT2D eigenvalue weighted by molar-refractivity contribution is 0.101. The van der Waals surface area contributed by atoms with Gasteiger partial charge in [0.05, 0.1) is 5.69 Å². The third-order valence-corrected chi connectivity index (χ3v) is 5.54. The molecule has 0 atom stereocenters. The molecule has 0 spiro atoms. The van der Waals surface area contributed by atoms with Gasteiger partial charge in [0, 0.05) is 16.3 Å². The highest BCUT2D eigenvalue weighted by molar-refractivity contribution is 6.31. The van der Waals surface area contributed by atoms with Crippen molar-refractivity contribution in [2.24, 2.45) is 0 Å². The van der Waals surface area contributed by atoms with E-state index in [1.165, 1.54) is 0 Å². The van der Waals surface area contributed by atoms with Gasteiger partial charge >= 0.3 is 0 Å². The minimum absolute atomic E-state index is 0.0900. The Bertz CT molecular complexity index is 1280. The number of anilines is 1. The number of hydrogen-bond donors (Lipinski definition) is 1. The van der Waals surface area contributed by atoms with Gasteiger partial charge in [0.25, 0.3) is 5.91 Å². The fourth-order valence-corrected chi connectivity index (χ4v) is 3.55. The summed E-state index contributed by atoms with van der Waals surface area (Å²) in [5.74, 6) is 0.308. The molecule has 6 heteroatoms. The molecule has 0 bridgehead atoms. The van der Waals surface area contributed by atoms with Crippen LogP contribution < -0.4 is 5.32 Å². The average molecular weight is 431 g/mol. The largest absolute Gasteiger partial charge is 0.319 e. The van der Waals surface area contributed by atoms with E-state index in [0.29, 0.717) is 16.5 Å². The van der Waals surface area contributed by atoms with Crippen LogP contribution in [0.1, 0.15) is 32.9 Å². The number of hydrogen-bond acceptors (Lipinski definition) is 3. The maximum absolute atomic E-state index is 12.9. The molecule has 156 valence electrons. The Morgan fingerprint density at radius 1 is 0.871 bits per heavy atom. The second-order valence-electron chi connectivity index (χ2n) is 7.74. The standard InChI is InChI=1S/C25H23ClN4O/c1-15-5-9-19(10-6-15)24-28-23(25(31)27-20-11-8-17(3)21(26)14-20)29-30(24)22-12-7-16(2)13-18(22)4/h5-14H,1-4H3,(H,27,31). The molecule has 0 aliphatic heterocycles. The summed E-state index contributed by atoms with van der Waals surface area (Å²) in [5, 5.41) is 8.00. The van der Waals surface area contributed by atoms with Crippen molar-refractivity contribution in [2.45, 2.75) is 27.7 Å². The first-order valence-electron chi connectivity index (χ1n) is 10.0. The smallest absolute Gasteiger partial charge is 0.295 e. The van der Waals surface area contributed by atoms with Crippen molar-refractivity contribution >= 4 is 23.2 Å². The molecule has 1 heterocycles. The molecule has 5 nitrogen and oxygen atoms in total. The third kappa shape index (κ3) is 4.37. The fraction of sp³-hybridized carbons (Fsp3) is 0.160. The van der Waals surface area contributed by atoms with E-state index >= 15 is 0 Å². The number of nitrogens with zero attached hydrogens (tertiary/aromatic N) is 3. The number of carbonyl (C=O) groups excluding carboxylic acids is 1. The van der Waals surface area contributed by atoms with Crippen molar-refractivity contribution in [3.63, 3.8) is 0 Å². The molecule has 0 radical (unpaired) electrons. The van der Waals surface area contributed by atoms with Gasteiger partial charge < -0.3 is 5.32 Å². The molecule has 1 N–H and O–H groups in total. The summed E-state index contributed by atoms with van der Waals surface area (Å²) in [6, 6.07) is 19.5. The number of nitrogens with one attached hydrogen (secondary N) is 1. The molecule has 1 aromatic heterocycles. The molecule has 31 heavy (non-hydrogen) atoms. The maximum Gasteiger partial charge on any atom is 0.295 e. The zero-order chi connectivity index (χ0) is 22.1. The van der Waals surface area contributed by atoms with Crippen molar-refractivity contribution in [1.82, 2.24) is 14.8 Å². The van der Waals surface area contributed by atoms with Crippen LogP contribution in [0, 0.1) is 27.7 Å². The van der Waals surface area contributed by atoms with Crippen molar-refractivity contribution < 1.29 is 4.79 Å². The number of halogens is 1. The fourth-order valence-electron chi connectivity index (χ4n) is 3.37. The van der Waals surface area contributed by atoms with Gasteiger partial charge in [-0.1, -0.05) is 65.2 Å².